The van der Waals surface area contributed by atoms with E-state index in [2.05, 4.69) is 36.2 Å². The number of rotatable bonds is 4. The Morgan fingerprint density at radius 2 is 1.81 bits per heavy atom. The first kappa shape index (κ1) is 13.5. The van der Waals surface area contributed by atoms with Crippen molar-refractivity contribution < 1.29 is 4.79 Å². The number of aromatic nitrogens is 1. The van der Waals surface area contributed by atoms with Gasteiger partial charge < -0.3 is 0 Å². The van der Waals surface area contributed by atoms with Gasteiger partial charge in [0.1, 0.15) is 0 Å². The first-order valence-corrected chi connectivity index (χ1v) is 7.16. The maximum Gasteiger partial charge on any atom is 0.163 e. The second-order valence-electron chi connectivity index (χ2n) is 5.28. The molecule has 0 aliphatic heterocycles. The lowest BCUT2D eigenvalue weighted by molar-refractivity contribution is 0.0984. The van der Waals surface area contributed by atoms with Gasteiger partial charge >= 0.3 is 0 Å². The Kier molecular flexibility index (Phi) is 3.78. The van der Waals surface area contributed by atoms with Gasteiger partial charge in [-0.05, 0) is 31.0 Å². The van der Waals surface area contributed by atoms with Crippen LogP contribution in [0.5, 0.6) is 0 Å². The number of carbonyl (C=O) groups excluding carboxylic acids is 1. The van der Waals surface area contributed by atoms with Gasteiger partial charge in [-0.3, -0.25) is 9.78 Å². The summed E-state index contributed by atoms with van der Waals surface area (Å²) >= 11 is 0. The summed E-state index contributed by atoms with van der Waals surface area (Å²) in [6.45, 7) is 2.07. The summed E-state index contributed by atoms with van der Waals surface area (Å²) < 4.78 is 0. The highest BCUT2D eigenvalue weighted by molar-refractivity contribution is 6.07. The minimum absolute atomic E-state index is 0.175. The van der Waals surface area contributed by atoms with Gasteiger partial charge in [0.05, 0.1) is 5.52 Å². The van der Waals surface area contributed by atoms with Crippen molar-refractivity contribution in [2.24, 2.45) is 0 Å². The Balaban J connectivity index is 1.79. The smallest absolute Gasteiger partial charge is 0.163 e. The van der Waals surface area contributed by atoms with Crippen LogP contribution >= 0.6 is 0 Å². The van der Waals surface area contributed by atoms with Crippen molar-refractivity contribution in [1.29, 1.82) is 0 Å². The summed E-state index contributed by atoms with van der Waals surface area (Å²) in [5, 5.41) is 0.939. The second kappa shape index (κ2) is 5.88. The van der Waals surface area contributed by atoms with Crippen LogP contribution in [0.15, 0.2) is 60.8 Å². The van der Waals surface area contributed by atoms with Gasteiger partial charge in [-0.1, -0.05) is 48.0 Å². The lowest BCUT2D eigenvalue weighted by atomic mass is 9.99. The average Bonchev–Trinajstić information content (AvgIpc) is 2.53. The number of pyridine rings is 1. The topological polar surface area (TPSA) is 30.0 Å². The zero-order chi connectivity index (χ0) is 14.7. The number of nitrogens with zero attached hydrogens (tertiary/aromatic N) is 1. The monoisotopic (exact) mass is 275 g/mol. The zero-order valence-corrected chi connectivity index (χ0v) is 12.0. The lowest BCUT2D eigenvalue weighted by Crippen LogP contribution is -2.02. The molecule has 104 valence electrons. The van der Waals surface area contributed by atoms with Crippen LogP contribution in [0, 0.1) is 6.92 Å². The summed E-state index contributed by atoms with van der Waals surface area (Å²) in [6.07, 6.45) is 3.05. The number of carbonyl (C=O) groups is 1. The fourth-order valence-electron chi connectivity index (χ4n) is 2.49. The minimum Gasteiger partial charge on any atom is -0.294 e. The summed E-state index contributed by atoms with van der Waals surface area (Å²) in [5.74, 6) is 0.175. The third-order valence-corrected chi connectivity index (χ3v) is 3.71. The summed E-state index contributed by atoms with van der Waals surface area (Å²) in [4.78, 5) is 16.8. The Hall–Kier alpha value is -2.48. The van der Waals surface area contributed by atoms with Crippen LogP contribution < -0.4 is 0 Å². The maximum atomic E-state index is 12.5. The Bertz CT molecular complexity index is 770. The Morgan fingerprint density at radius 1 is 1.00 bits per heavy atom. The third kappa shape index (κ3) is 3.00. The average molecular weight is 275 g/mol. The molecule has 0 saturated heterocycles. The van der Waals surface area contributed by atoms with Crippen LogP contribution in [-0.4, -0.2) is 10.8 Å². The molecule has 0 aliphatic carbocycles. The highest BCUT2D eigenvalue weighted by Gasteiger charge is 2.10. The van der Waals surface area contributed by atoms with E-state index in [1.807, 2.05) is 30.3 Å². The van der Waals surface area contributed by atoms with Crippen LogP contribution in [0.25, 0.3) is 10.9 Å². The maximum absolute atomic E-state index is 12.5. The van der Waals surface area contributed by atoms with Gasteiger partial charge in [-0.2, -0.15) is 0 Å². The molecule has 0 fully saturated rings. The van der Waals surface area contributed by atoms with E-state index in [1.165, 1.54) is 11.1 Å². The summed E-state index contributed by atoms with van der Waals surface area (Å²) in [6, 6.07) is 17.9. The van der Waals surface area contributed by atoms with Gasteiger partial charge in [0.25, 0.3) is 0 Å². The molecule has 0 atom stereocenters. The molecular weight excluding hydrogens is 258 g/mol. The van der Waals surface area contributed by atoms with E-state index in [-0.39, 0.29) is 5.78 Å². The Labute approximate surface area is 124 Å². The predicted molar refractivity (Wildman–Crippen MR) is 85.6 cm³/mol. The van der Waals surface area contributed by atoms with Crippen LogP contribution in [0.3, 0.4) is 0 Å². The van der Waals surface area contributed by atoms with Crippen molar-refractivity contribution in [1.82, 2.24) is 4.98 Å². The number of ketones is 1. The van der Waals surface area contributed by atoms with Gasteiger partial charge in [0.15, 0.2) is 5.78 Å². The number of fused-ring (bicyclic) bond motifs is 1. The van der Waals surface area contributed by atoms with Crippen molar-refractivity contribution in [3.63, 3.8) is 0 Å². The van der Waals surface area contributed by atoms with E-state index in [0.29, 0.717) is 6.42 Å². The molecule has 1 heterocycles. The molecule has 0 amide bonds. The number of Topliss-reactive ketones (excluding diaryl/α,β-unsaturated/α-hetero) is 1. The zero-order valence-electron chi connectivity index (χ0n) is 12.0. The minimum atomic E-state index is 0.175. The predicted octanol–water partition coefficient (Wildman–Crippen LogP) is 4.36. The molecule has 0 N–H and O–H groups in total. The molecule has 3 aromatic rings. The SMILES string of the molecule is Cc1ccc(CCC(=O)c2cccc3ncccc23)cc1. The van der Waals surface area contributed by atoms with Gasteiger partial charge in [0, 0.05) is 23.6 Å². The van der Waals surface area contributed by atoms with E-state index >= 15 is 0 Å². The van der Waals surface area contributed by atoms with E-state index in [0.717, 1.165) is 22.9 Å². The first-order chi connectivity index (χ1) is 10.2. The van der Waals surface area contributed by atoms with Crippen LogP contribution in [0.1, 0.15) is 27.9 Å². The van der Waals surface area contributed by atoms with Crippen LogP contribution in [-0.2, 0) is 6.42 Å². The van der Waals surface area contributed by atoms with E-state index in [4.69, 9.17) is 0 Å². The molecule has 3 rings (SSSR count). The van der Waals surface area contributed by atoms with E-state index < -0.39 is 0 Å². The largest absolute Gasteiger partial charge is 0.294 e. The van der Waals surface area contributed by atoms with Crippen molar-refractivity contribution >= 4 is 16.7 Å². The van der Waals surface area contributed by atoms with E-state index in [1.54, 1.807) is 6.20 Å². The van der Waals surface area contributed by atoms with Crippen molar-refractivity contribution in [2.45, 2.75) is 19.8 Å². The second-order valence-corrected chi connectivity index (χ2v) is 5.28. The molecular formula is C19H17NO. The quantitative estimate of drug-likeness (QED) is 0.662. The summed E-state index contributed by atoms with van der Waals surface area (Å²) in [7, 11) is 0. The van der Waals surface area contributed by atoms with Crippen molar-refractivity contribution in [3.8, 4) is 0 Å². The fraction of sp³-hybridized carbons (Fsp3) is 0.158. The third-order valence-electron chi connectivity index (χ3n) is 3.71. The number of hydrogen-bond donors (Lipinski definition) is 0. The van der Waals surface area contributed by atoms with Gasteiger partial charge in [-0.25, -0.2) is 0 Å². The molecule has 0 saturated carbocycles. The molecule has 21 heavy (non-hydrogen) atoms. The van der Waals surface area contributed by atoms with Crippen molar-refractivity contribution in [3.05, 3.63) is 77.5 Å². The van der Waals surface area contributed by atoms with Gasteiger partial charge in [-0.15, -0.1) is 0 Å². The number of benzene rings is 2. The molecule has 0 bridgehead atoms. The first-order valence-electron chi connectivity index (χ1n) is 7.16. The molecule has 1 aromatic heterocycles. The van der Waals surface area contributed by atoms with E-state index in [9.17, 15) is 4.79 Å². The molecule has 0 unspecified atom stereocenters. The molecule has 2 aromatic carbocycles. The highest BCUT2D eigenvalue weighted by Crippen LogP contribution is 2.19. The van der Waals surface area contributed by atoms with Crippen LogP contribution in [0.2, 0.25) is 0 Å². The van der Waals surface area contributed by atoms with Crippen LogP contribution in [0.4, 0.5) is 0 Å². The fourth-order valence-corrected chi connectivity index (χ4v) is 2.49. The molecule has 2 heteroatoms. The normalized spacial score (nSPS) is 10.7. The lowest BCUT2D eigenvalue weighted by Gasteiger charge is -2.05. The van der Waals surface area contributed by atoms with Crippen molar-refractivity contribution in [2.75, 3.05) is 0 Å². The highest BCUT2D eigenvalue weighted by atomic mass is 16.1. The molecule has 0 aliphatic rings. The number of hydrogen-bond acceptors (Lipinski definition) is 2. The molecule has 0 spiro atoms. The number of aryl methyl sites for hydroxylation is 2. The summed E-state index contributed by atoms with van der Waals surface area (Å²) in [5.41, 5.74) is 4.09. The Morgan fingerprint density at radius 3 is 2.62 bits per heavy atom. The standard InChI is InChI=1S/C19H17NO/c1-14-7-9-15(10-8-14)11-12-19(21)17-4-2-6-18-16(17)5-3-13-20-18/h2-10,13H,11-12H2,1H3. The molecule has 2 nitrogen and oxygen atoms in total. The molecule has 0 radical (unpaired) electrons. The van der Waals surface area contributed by atoms with Gasteiger partial charge in [0.2, 0.25) is 0 Å².